The molecule has 0 bridgehead atoms. The summed E-state index contributed by atoms with van der Waals surface area (Å²) in [6, 6.07) is 0. The number of hydrogen-bond acceptors (Lipinski definition) is 3. The van der Waals surface area contributed by atoms with E-state index in [1.165, 1.54) is 38.5 Å². The van der Waals surface area contributed by atoms with Gasteiger partial charge in [-0.3, -0.25) is 4.79 Å². The van der Waals surface area contributed by atoms with Crippen molar-refractivity contribution in [2.24, 2.45) is 5.92 Å². The van der Waals surface area contributed by atoms with Crippen LogP contribution in [0.4, 0.5) is 0 Å². The van der Waals surface area contributed by atoms with E-state index < -0.39 is 0 Å². The molecule has 0 unspecified atom stereocenters. The van der Waals surface area contributed by atoms with E-state index in [1.54, 1.807) is 0 Å². The summed E-state index contributed by atoms with van der Waals surface area (Å²) in [5.41, 5.74) is 0. The third kappa shape index (κ3) is 10.6. The lowest BCUT2D eigenvalue weighted by Crippen LogP contribution is -2.06. The molecule has 0 radical (unpaired) electrons. The maximum atomic E-state index is 11.6. The second kappa shape index (κ2) is 13.0. The maximum Gasteiger partial charge on any atom is 0.305 e. The van der Waals surface area contributed by atoms with Crippen molar-refractivity contribution >= 4 is 18.6 Å². The molecule has 0 saturated carbocycles. The Morgan fingerprint density at radius 2 is 1.52 bits per heavy atom. The molecule has 0 fully saturated rings. The zero-order chi connectivity index (χ0) is 15.2. The second-order valence-electron chi connectivity index (χ2n) is 5.74. The molecule has 0 aliphatic heterocycles. The summed E-state index contributed by atoms with van der Waals surface area (Å²) < 4.78 is 5.27. The molecule has 0 heterocycles. The molecule has 0 aromatic rings. The van der Waals surface area contributed by atoms with Crippen molar-refractivity contribution in [3.63, 3.8) is 0 Å². The van der Waals surface area contributed by atoms with E-state index in [4.69, 9.17) is 4.74 Å². The van der Waals surface area contributed by atoms with Crippen LogP contribution >= 0.6 is 12.6 Å². The first-order chi connectivity index (χ1) is 10.3. The third-order valence-electron chi connectivity index (χ3n) is 3.81. The second-order valence-corrected chi connectivity index (χ2v) is 6.19. The van der Waals surface area contributed by atoms with E-state index in [0.29, 0.717) is 18.9 Å². The van der Waals surface area contributed by atoms with Crippen molar-refractivity contribution in [3.8, 4) is 0 Å². The normalized spacial score (nSPS) is 14.0. The summed E-state index contributed by atoms with van der Waals surface area (Å²) in [5, 5.41) is 0. The summed E-state index contributed by atoms with van der Waals surface area (Å²) in [7, 11) is 0. The lowest BCUT2D eigenvalue weighted by atomic mass is 10.0. The Balaban J connectivity index is 1.80. The first-order valence-electron chi connectivity index (χ1n) is 8.44. The highest BCUT2D eigenvalue weighted by Gasteiger charge is 2.07. The van der Waals surface area contributed by atoms with Crippen molar-refractivity contribution < 1.29 is 9.53 Å². The number of unbranched alkanes of at least 4 members (excludes halogenated alkanes) is 6. The zero-order valence-electron chi connectivity index (χ0n) is 13.1. The van der Waals surface area contributed by atoms with Gasteiger partial charge in [-0.15, -0.1) is 0 Å². The van der Waals surface area contributed by atoms with E-state index in [-0.39, 0.29) is 5.97 Å². The zero-order valence-corrected chi connectivity index (χ0v) is 14.0. The third-order valence-corrected chi connectivity index (χ3v) is 4.13. The first-order valence-corrected chi connectivity index (χ1v) is 9.07. The van der Waals surface area contributed by atoms with E-state index >= 15 is 0 Å². The number of ether oxygens (including phenoxy) is 1. The van der Waals surface area contributed by atoms with Crippen LogP contribution in [0.2, 0.25) is 0 Å². The fraction of sp³-hybridized carbons (Fsp3) is 0.722. The van der Waals surface area contributed by atoms with E-state index in [9.17, 15) is 4.79 Å². The Kier molecular flexibility index (Phi) is 11.4. The highest BCUT2D eigenvalue weighted by molar-refractivity contribution is 7.80. The molecule has 1 rings (SSSR count). The van der Waals surface area contributed by atoms with Gasteiger partial charge in [0, 0.05) is 6.42 Å². The first kappa shape index (κ1) is 18.3. The number of allylic oxidation sites excluding steroid dienone is 4. The topological polar surface area (TPSA) is 26.3 Å². The van der Waals surface area contributed by atoms with Gasteiger partial charge in [-0.1, -0.05) is 56.4 Å². The summed E-state index contributed by atoms with van der Waals surface area (Å²) in [6.45, 7) is 0.596. The molecule has 0 atom stereocenters. The Bertz CT molecular complexity index is 311. The van der Waals surface area contributed by atoms with Gasteiger partial charge in [-0.2, -0.15) is 12.6 Å². The number of hydrogen-bond donors (Lipinski definition) is 1. The summed E-state index contributed by atoms with van der Waals surface area (Å²) in [5.74, 6) is 1.50. The predicted octanol–water partition coefficient (Wildman–Crippen LogP) is 5.10. The molecule has 0 saturated heterocycles. The van der Waals surface area contributed by atoms with Gasteiger partial charge >= 0.3 is 5.97 Å². The van der Waals surface area contributed by atoms with Crippen molar-refractivity contribution in [2.45, 2.75) is 64.2 Å². The van der Waals surface area contributed by atoms with Crippen LogP contribution in [0, 0.1) is 5.92 Å². The highest BCUT2D eigenvalue weighted by Crippen LogP contribution is 2.16. The molecule has 1 aliphatic carbocycles. The minimum Gasteiger partial charge on any atom is -0.466 e. The fourth-order valence-corrected chi connectivity index (χ4v) is 2.73. The standard InChI is InChI=1S/C18H30O2S/c19-18(14-10-13-17-11-6-7-12-17)20-15-8-4-2-1-3-5-9-16-21/h6-7,11-12,17,21H,1-5,8-10,13-16H2. The van der Waals surface area contributed by atoms with Crippen LogP contribution in [-0.2, 0) is 9.53 Å². The largest absolute Gasteiger partial charge is 0.466 e. The highest BCUT2D eigenvalue weighted by atomic mass is 32.1. The molecule has 1 aliphatic rings. The minimum absolute atomic E-state index is 0.0327. The summed E-state index contributed by atoms with van der Waals surface area (Å²) >= 11 is 4.21. The maximum absolute atomic E-state index is 11.6. The predicted molar refractivity (Wildman–Crippen MR) is 92.8 cm³/mol. The number of carbonyl (C=O) groups excluding carboxylic acids is 1. The lowest BCUT2D eigenvalue weighted by Gasteiger charge is -2.06. The van der Waals surface area contributed by atoms with Crippen LogP contribution in [0.1, 0.15) is 64.2 Å². The van der Waals surface area contributed by atoms with Gasteiger partial charge in [0.15, 0.2) is 0 Å². The SMILES string of the molecule is O=C(CCCC1C=CC=C1)OCCCCCCCCCS. The smallest absolute Gasteiger partial charge is 0.305 e. The van der Waals surface area contributed by atoms with E-state index in [2.05, 4.69) is 36.9 Å². The number of esters is 1. The minimum atomic E-state index is -0.0327. The lowest BCUT2D eigenvalue weighted by molar-refractivity contribution is -0.143. The number of rotatable bonds is 13. The van der Waals surface area contributed by atoms with Gasteiger partial charge in [0.25, 0.3) is 0 Å². The van der Waals surface area contributed by atoms with Crippen LogP contribution in [0.5, 0.6) is 0 Å². The molecule has 3 heteroatoms. The molecule has 120 valence electrons. The molecule has 0 aromatic carbocycles. The Morgan fingerprint density at radius 1 is 0.905 bits per heavy atom. The molecule has 0 amide bonds. The van der Waals surface area contributed by atoms with Gasteiger partial charge in [-0.05, 0) is 37.4 Å². The van der Waals surface area contributed by atoms with E-state index in [0.717, 1.165) is 25.0 Å². The van der Waals surface area contributed by atoms with Crippen molar-refractivity contribution in [1.82, 2.24) is 0 Å². The summed E-state index contributed by atoms with van der Waals surface area (Å²) in [4.78, 5) is 11.6. The molecule has 21 heavy (non-hydrogen) atoms. The van der Waals surface area contributed by atoms with Crippen LogP contribution in [-0.4, -0.2) is 18.3 Å². The molecular weight excluding hydrogens is 280 g/mol. The molecule has 0 aromatic heterocycles. The van der Waals surface area contributed by atoms with Gasteiger partial charge in [-0.25, -0.2) is 0 Å². The average molecular weight is 311 g/mol. The average Bonchev–Trinajstić information content (AvgIpc) is 2.99. The van der Waals surface area contributed by atoms with Crippen molar-refractivity contribution in [3.05, 3.63) is 24.3 Å². The Hall–Kier alpha value is -0.700. The summed E-state index contributed by atoms with van der Waals surface area (Å²) in [6.07, 6.45) is 19.6. The molecular formula is C18H30O2S. The van der Waals surface area contributed by atoms with Crippen molar-refractivity contribution in [2.75, 3.05) is 12.4 Å². The van der Waals surface area contributed by atoms with Crippen LogP contribution < -0.4 is 0 Å². The Labute approximate surface area is 135 Å². The van der Waals surface area contributed by atoms with Gasteiger partial charge in [0.1, 0.15) is 0 Å². The van der Waals surface area contributed by atoms with E-state index in [1.807, 2.05) is 0 Å². The quantitative estimate of drug-likeness (QED) is 0.291. The number of thiol groups is 1. The van der Waals surface area contributed by atoms with Gasteiger partial charge in [0.2, 0.25) is 0 Å². The van der Waals surface area contributed by atoms with Gasteiger partial charge in [0.05, 0.1) is 6.61 Å². The Morgan fingerprint density at radius 3 is 2.19 bits per heavy atom. The molecule has 0 N–H and O–H groups in total. The van der Waals surface area contributed by atoms with Crippen molar-refractivity contribution in [1.29, 1.82) is 0 Å². The fourth-order valence-electron chi connectivity index (χ4n) is 2.51. The molecule has 2 nitrogen and oxygen atoms in total. The van der Waals surface area contributed by atoms with Gasteiger partial charge < -0.3 is 4.74 Å². The van der Waals surface area contributed by atoms with Crippen LogP contribution in [0.3, 0.4) is 0 Å². The van der Waals surface area contributed by atoms with Crippen LogP contribution in [0.15, 0.2) is 24.3 Å². The number of carbonyl (C=O) groups is 1. The monoisotopic (exact) mass is 310 g/mol. The van der Waals surface area contributed by atoms with Crippen LogP contribution in [0.25, 0.3) is 0 Å². The molecule has 0 spiro atoms.